The van der Waals surface area contributed by atoms with E-state index in [1.165, 1.54) is 33.4 Å². The Labute approximate surface area is 357 Å². The predicted octanol–water partition coefficient (Wildman–Crippen LogP) is 15.8. The Hall–Kier alpha value is -4.54. The van der Waals surface area contributed by atoms with E-state index in [4.69, 9.17) is 9.47 Å². The molecule has 0 saturated heterocycles. The number of phenolic OH excluding ortho intramolecular Hbond substituents is 2. The summed E-state index contributed by atoms with van der Waals surface area (Å²) in [4.78, 5) is 0. The first-order valence-electron chi connectivity index (χ1n) is 22.2. The average Bonchev–Trinajstić information content (AvgIpc) is 3.16. The van der Waals surface area contributed by atoms with Gasteiger partial charge in [0.15, 0.2) is 0 Å². The van der Waals surface area contributed by atoms with Gasteiger partial charge >= 0.3 is 0 Å². The monoisotopic (exact) mass is 797 g/mol. The minimum absolute atomic E-state index is 0.227. The second-order valence-electron chi connectivity index (χ2n) is 18.7. The average molecular weight is 797 g/mol. The van der Waals surface area contributed by atoms with E-state index >= 15 is 0 Å². The molecule has 0 aliphatic heterocycles. The van der Waals surface area contributed by atoms with Crippen molar-refractivity contribution in [2.45, 2.75) is 146 Å². The number of aryl methyl sites for hydroxylation is 3. The second kappa shape index (κ2) is 18.8. The van der Waals surface area contributed by atoms with Gasteiger partial charge < -0.3 is 19.7 Å². The Kier molecular flexibility index (Phi) is 14.5. The van der Waals surface area contributed by atoms with Crippen molar-refractivity contribution in [2.75, 3.05) is 19.8 Å². The summed E-state index contributed by atoms with van der Waals surface area (Å²) in [5.74, 6) is 2.83. The van der Waals surface area contributed by atoms with E-state index in [0.29, 0.717) is 48.5 Å². The Morgan fingerprint density at radius 3 is 1.00 bits per heavy atom. The molecule has 0 unspecified atom stereocenters. The van der Waals surface area contributed by atoms with Crippen LogP contribution < -0.4 is 4.74 Å². The Morgan fingerprint density at radius 2 is 0.712 bits per heavy atom. The Bertz CT molecular complexity index is 2070. The van der Waals surface area contributed by atoms with Crippen molar-refractivity contribution >= 4 is 0 Å². The van der Waals surface area contributed by atoms with Crippen LogP contribution in [-0.4, -0.2) is 30.0 Å². The fourth-order valence-corrected chi connectivity index (χ4v) is 8.56. The highest BCUT2D eigenvalue weighted by Crippen LogP contribution is 2.52. The number of ether oxygens (including phenoxy) is 2. The summed E-state index contributed by atoms with van der Waals surface area (Å²) in [7, 11) is 0. The number of hydrogen-bond donors (Lipinski definition) is 2. The van der Waals surface area contributed by atoms with Crippen molar-refractivity contribution in [3.8, 4) is 61.8 Å². The van der Waals surface area contributed by atoms with E-state index in [2.05, 4.69) is 165 Å². The third-order valence-corrected chi connectivity index (χ3v) is 11.8. The smallest absolute Gasteiger partial charge is 0.135 e. The fourth-order valence-electron chi connectivity index (χ4n) is 8.56. The van der Waals surface area contributed by atoms with E-state index in [1.807, 2.05) is 6.92 Å². The van der Waals surface area contributed by atoms with E-state index in [1.54, 1.807) is 0 Å². The van der Waals surface area contributed by atoms with Crippen LogP contribution in [0.3, 0.4) is 0 Å². The molecule has 0 aliphatic carbocycles. The molecule has 0 aliphatic rings. The molecule has 0 fully saturated rings. The van der Waals surface area contributed by atoms with E-state index < -0.39 is 0 Å². The first-order valence-corrected chi connectivity index (χ1v) is 22.2. The van der Waals surface area contributed by atoms with Crippen molar-refractivity contribution in [1.82, 2.24) is 0 Å². The maximum Gasteiger partial charge on any atom is 0.135 e. The lowest BCUT2D eigenvalue weighted by Gasteiger charge is -2.26. The van der Waals surface area contributed by atoms with Gasteiger partial charge in [0, 0.05) is 40.0 Å². The fraction of sp³-hybridized carbons (Fsp3) is 0.455. The summed E-state index contributed by atoms with van der Waals surface area (Å²) < 4.78 is 12.6. The van der Waals surface area contributed by atoms with Crippen LogP contribution in [0.15, 0.2) is 60.7 Å². The Balaban J connectivity index is 1.87. The van der Waals surface area contributed by atoms with Gasteiger partial charge in [0.1, 0.15) is 23.9 Å². The summed E-state index contributed by atoms with van der Waals surface area (Å²) in [5, 5.41) is 25.4. The lowest BCUT2D eigenvalue weighted by atomic mass is 9.80. The molecule has 2 N–H and O–H groups in total. The summed E-state index contributed by atoms with van der Waals surface area (Å²) in [6.07, 6.45) is 0. The van der Waals surface area contributed by atoms with Gasteiger partial charge in [-0.3, -0.25) is 0 Å². The molecule has 0 aromatic heterocycles. The highest BCUT2D eigenvalue weighted by Gasteiger charge is 2.28. The molecule has 0 atom stereocenters. The topological polar surface area (TPSA) is 58.9 Å². The van der Waals surface area contributed by atoms with Crippen molar-refractivity contribution in [3.63, 3.8) is 0 Å². The molecule has 59 heavy (non-hydrogen) atoms. The molecular weight excluding hydrogens is 725 g/mol. The summed E-state index contributed by atoms with van der Waals surface area (Å²) in [6, 6.07) is 22.0. The minimum Gasteiger partial charge on any atom is -0.507 e. The van der Waals surface area contributed by atoms with Crippen molar-refractivity contribution in [1.29, 1.82) is 0 Å². The quantitative estimate of drug-likeness (QED) is 0.104. The zero-order valence-corrected chi connectivity index (χ0v) is 39.1. The summed E-state index contributed by atoms with van der Waals surface area (Å²) in [5.41, 5.74) is 17.5. The molecule has 0 heterocycles. The SMILES string of the molecule is CCOCCOc1c(-c2cc(C)cc(-c3c(C(C)C)cc(C(C)C)cc3C(C)C)c2O)cc(C)cc1-c1cc(C)cc(-c2c(C(C)C)cc(C(C)C)cc2C(C)C)c1O. The molecule has 0 amide bonds. The molecule has 316 valence electrons. The number of aromatic hydroxyl groups is 2. The number of rotatable bonds is 15. The Morgan fingerprint density at radius 1 is 0.407 bits per heavy atom. The van der Waals surface area contributed by atoms with Gasteiger partial charge in [-0.1, -0.05) is 107 Å². The van der Waals surface area contributed by atoms with Crippen LogP contribution in [0.25, 0.3) is 44.5 Å². The zero-order valence-electron chi connectivity index (χ0n) is 39.1. The van der Waals surface area contributed by atoms with Crippen LogP contribution in [0.2, 0.25) is 0 Å². The van der Waals surface area contributed by atoms with Crippen molar-refractivity contribution in [3.05, 3.63) is 111 Å². The van der Waals surface area contributed by atoms with Gasteiger partial charge in [0.05, 0.1) is 6.61 Å². The molecule has 0 saturated carbocycles. The van der Waals surface area contributed by atoms with Gasteiger partial charge in [0.25, 0.3) is 0 Å². The lowest BCUT2D eigenvalue weighted by Crippen LogP contribution is -2.08. The van der Waals surface area contributed by atoms with Gasteiger partial charge in [-0.15, -0.1) is 0 Å². The van der Waals surface area contributed by atoms with E-state index in [-0.39, 0.29) is 35.2 Å². The predicted molar refractivity (Wildman–Crippen MR) is 252 cm³/mol. The molecule has 0 spiro atoms. The normalized spacial score (nSPS) is 12.0. The molecule has 4 heteroatoms. The van der Waals surface area contributed by atoms with Crippen LogP contribution in [0, 0.1) is 20.8 Å². The van der Waals surface area contributed by atoms with Crippen LogP contribution in [-0.2, 0) is 4.74 Å². The van der Waals surface area contributed by atoms with Crippen molar-refractivity contribution in [2.24, 2.45) is 0 Å². The molecule has 0 bridgehead atoms. The van der Waals surface area contributed by atoms with Gasteiger partial charge in [-0.2, -0.15) is 0 Å². The maximum atomic E-state index is 12.7. The number of phenols is 2. The summed E-state index contributed by atoms with van der Waals surface area (Å²) in [6.45, 7) is 36.5. The van der Waals surface area contributed by atoms with Gasteiger partial charge in [-0.25, -0.2) is 0 Å². The lowest BCUT2D eigenvalue weighted by molar-refractivity contribution is 0.110. The number of hydrogen-bond acceptors (Lipinski definition) is 4. The van der Waals surface area contributed by atoms with E-state index in [0.717, 1.165) is 50.1 Å². The number of benzene rings is 5. The highest BCUT2D eigenvalue weighted by molar-refractivity contribution is 5.94. The molecule has 5 rings (SSSR count). The van der Waals surface area contributed by atoms with Crippen LogP contribution >= 0.6 is 0 Å². The van der Waals surface area contributed by atoms with Gasteiger partial charge in [0.2, 0.25) is 0 Å². The second-order valence-corrected chi connectivity index (χ2v) is 18.7. The van der Waals surface area contributed by atoms with E-state index in [9.17, 15) is 10.2 Å². The third-order valence-electron chi connectivity index (χ3n) is 11.8. The van der Waals surface area contributed by atoms with Crippen LogP contribution in [0.4, 0.5) is 0 Å². The van der Waals surface area contributed by atoms with Crippen LogP contribution in [0.1, 0.15) is 176 Å². The third kappa shape index (κ3) is 9.60. The molecule has 0 radical (unpaired) electrons. The summed E-state index contributed by atoms with van der Waals surface area (Å²) >= 11 is 0. The maximum absolute atomic E-state index is 12.7. The largest absolute Gasteiger partial charge is 0.507 e. The van der Waals surface area contributed by atoms with Crippen molar-refractivity contribution < 1.29 is 19.7 Å². The molecule has 5 aromatic carbocycles. The first-order chi connectivity index (χ1) is 27.8. The molecular formula is C55H72O4. The molecule has 5 aromatic rings. The molecule has 4 nitrogen and oxygen atoms in total. The zero-order chi connectivity index (χ0) is 43.6. The van der Waals surface area contributed by atoms with Gasteiger partial charge in [-0.05, 0) is 161 Å². The standard InChI is InChI=1S/C55H72O4/c1-17-58-18-19-59-55-47(45-20-36(14)24-49(53(45)56)51-41(32(6)7)26-39(30(2)3)27-42(51)33(8)9)22-38(16)23-48(55)46-21-37(15)25-50(54(46)57)52-43(34(10)11)28-40(31(4)5)29-44(52)35(12)13/h20-35,56-57H,17-19H2,1-16H3. The van der Waals surface area contributed by atoms with Crippen LogP contribution in [0.5, 0.6) is 17.2 Å². The first kappa shape index (κ1) is 45.5. The minimum atomic E-state index is 0.227. The highest BCUT2D eigenvalue weighted by atomic mass is 16.5.